The average Bonchev–Trinajstić information content (AvgIpc) is 2.80. The first-order valence-electron chi connectivity index (χ1n) is 15.4. The van der Waals surface area contributed by atoms with Crippen molar-refractivity contribution in [2.75, 3.05) is 0 Å². The minimum atomic E-state index is -0.695. The molecule has 1 rings (SSSR count). The summed E-state index contributed by atoms with van der Waals surface area (Å²) < 4.78 is 11.7. The molecule has 8 heteroatoms. The maximum atomic E-state index is 13.0. The zero-order valence-electron chi connectivity index (χ0n) is 27.0. The van der Waals surface area contributed by atoms with Gasteiger partial charge in [-0.05, 0) is 84.0 Å². The third-order valence-electron chi connectivity index (χ3n) is 7.01. The molecule has 0 heterocycles. The van der Waals surface area contributed by atoms with Gasteiger partial charge in [-0.15, -0.1) is 0 Å². The largest absolute Gasteiger partial charge is 0.461 e. The van der Waals surface area contributed by atoms with E-state index < -0.39 is 12.0 Å². The number of esters is 2. The van der Waals surface area contributed by atoms with E-state index in [1.165, 1.54) is 0 Å². The van der Waals surface area contributed by atoms with Crippen molar-refractivity contribution in [1.82, 2.24) is 10.6 Å². The molecule has 0 spiro atoms. The van der Waals surface area contributed by atoms with Crippen LogP contribution in [0, 0.1) is 17.3 Å². The van der Waals surface area contributed by atoms with Gasteiger partial charge in [-0.25, -0.2) is 4.79 Å². The molecule has 1 aliphatic rings. The Morgan fingerprint density at radius 1 is 0.700 bits per heavy atom. The van der Waals surface area contributed by atoms with Gasteiger partial charge in [-0.3, -0.25) is 19.7 Å². The third kappa shape index (κ3) is 15.2. The Bertz CT molecular complexity index is 816. The van der Waals surface area contributed by atoms with Crippen molar-refractivity contribution in [3.05, 3.63) is 0 Å². The van der Waals surface area contributed by atoms with Crippen molar-refractivity contribution < 1.29 is 28.7 Å². The first-order valence-corrected chi connectivity index (χ1v) is 15.4. The highest BCUT2D eigenvalue weighted by Crippen LogP contribution is 2.26. The molecule has 0 aromatic heterocycles. The number of ether oxygens (including phenoxy) is 2. The van der Waals surface area contributed by atoms with Gasteiger partial charge in [0.15, 0.2) is 0 Å². The molecule has 1 aliphatic carbocycles. The quantitative estimate of drug-likeness (QED) is 0.188. The van der Waals surface area contributed by atoms with Crippen molar-refractivity contribution in [3.63, 3.8) is 0 Å². The lowest BCUT2D eigenvalue weighted by molar-refractivity contribution is -0.162. The molecule has 0 bridgehead atoms. The highest BCUT2D eigenvalue weighted by molar-refractivity contribution is 5.85. The number of carbonyl (C=O) groups is 4. The Kier molecular flexibility index (Phi) is 14.9. The molecule has 1 saturated carbocycles. The van der Waals surface area contributed by atoms with Crippen LogP contribution in [0.5, 0.6) is 0 Å². The molecule has 0 radical (unpaired) electrons. The fourth-order valence-corrected chi connectivity index (χ4v) is 4.87. The van der Waals surface area contributed by atoms with Crippen LogP contribution in [0.4, 0.5) is 0 Å². The zero-order chi connectivity index (χ0) is 30.7. The minimum absolute atomic E-state index is 0.185. The predicted octanol–water partition coefficient (Wildman–Crippen LogP) is 5.89. The molecular formula is C32H58N2O6. The van der Waals surface area contributed by atoms with Crippen LogP contribution >= 0.6 is 0 Å². The van der Waals surface area contributed by atoms with E-state index in [9.17, 15) is 19.2 Å². The summed E-state index contributed by atoms with van der Waals surface area (Å²) in [4.78, 5) is 50.6. The molecule has 2 atom stereocenters. The summed E-state index contributed by atoms with van der Waals surface area (Å²) >= 11 is 0. The number of hydrogen-bond acceptors (Lipinski definition) is 7. The number of amides is 1. The molecule has 1 fully saturated rings. The molecule has 2 N–H and O–H groups in total. The predicted molar refractivity (Wildman–Crippen MR) is 159 cm³/mol. The Morgan fingerprint density at radius 2 is 1.12 bits per heavy atom. The molecule has 0 saturated heterocycles. The van der Waals surface area contributed by atoms with Gasteiger partial charge in [-0.2, -0.15) is 0 Å². The summed E-state index contributed by atoms with van der Waals surface area (Å²) in [5.74, 6) is -0.0578. The van der Waals surface area contributed by atoms with E-state index in [4.69, 9.17) is 9.47 Å². The van der Waals surface area contributed by atoms with E-state index in [0.29, 0.717) is 63.7 Å². The molecule has 2 unspecified atom stereocenters. The number of carbonyl (C=O) groups excluding carboxylic acids is 4. The van der Waals surface area contributed by atoms with Gasteiger partial charge in [-0.1, -0.05) is 48.5 Å². The minimum Gasteiger partial charge on any atom is -0.461 e. The fourth-order valence-electron chi connectivity index (χ4n) is 4.87. The molecule has 1 amide bonds. The second kappa shape index (κ2) is 16.5. The summed E-state index contributed by atoms with van der Waals surface area (Å²) in [7, 11) is 0. The fraction of sp³-hybridized carbons (Fsp3) is 0.875. The second-order valence-electron chi connectivity index (χ2n) is 14.5. The van der Waals surface area contributed by atoms with Gasteiger partial charge in [0.05, 0.1) is 0 Å². The number of nitrogens with one attached hydrogen (secondary N) is 2. The van der Waals surface area contributed by atoms with Crippen molar-refractivity contribution in [2.45, 2.75) is 163 Å². The van der Waals surface area contributed by atoms with E-state index >= 15 is 0 Å². The highest BCUT2D eigenvalue weighted by atomic mass is 16.6. The van der Waals surface area contributed by atoms with Crippen LogP contribution in [0.1, 0.15) is 133 Å². The molecule has 0 aromatic rings. The zero-order valence-corrected chi connectivity index (χ0v) is 27.0. The van der Waals surface area contributed by atoms with E-state index in [1.807, 2.05) is 55.4 Å². The Hall–Kier alpha value is -1.96. The summed E-state index contributed by atoms with van der Waals surface area (Å²) in [6.45, 7) is 20.0. The van der Waals surface area contributed by atoms with E-state index in [-0.39, 0.29) is 59.2 Å². The number of unbranched alkanes of at least 4 members (excludes halogenated alkanes) is 1. The van der Waals surface area contributed by atoms with Gasteiger partial charge in [0.1, 0.15) is 30.1 Å². The lowest BCUT2D eigenvalue weighted by Gasteiger charge is -2.32. The Labute approximate surface area is 243 Å². The topological polar surface area (TPSA) is 111 Å². The third-order valence-corrected chi connectivity index (χ3v) is 7.01. The highest BCUT2D eigenvalue weighted by Gasteiger charge is 2.32. The first kappa shape index (κ1) is 36.1. The number of rotatable bonds is 15. The monoisotopic (exact) mass is 566 g/mol. The van der Waals surface area contributed by atoms with Gasteiger partial charge in [0.2, 0.25) is 5.91 Å². The molecule has 8 nitrogen and oxygen atoms in total. The summed E-state index contributed by atoms with van der Waals surface area (Å²) in [5, 5.41) is 6.25. The Balaban J connectivity index is 2.56. The van der Waals surface area contributed by atoms with Gasteiger partial charge < -0.3 is 14.8 Å². The van der Waals surface area contributed by atoms with Gasteiger partial charge in [0.25, 0.3) is 0 Å². The lowest BCUT2D eigenvalue weighted by Crippen LogP contribution is -2.49. The van der Waals surface area contributed by atoms with E-state index in [0.717, 1.165) is 0 Å². The van der Waals surface area contributed by atoms with E-state index in [2.05, 4.69) is 24.5 Å². The molecular weight excluding hydrogens is 508 g/mol. The maximum Gasteiger partial charge on any atom is 0.328 e. The van der Waals surface area contributed by atoms with Crippen molar-refractivity contribution in [2.24, 2.45) is 17.3 Å². The van der Waals surface area contributed by atoms with Gasteiger partial charge in [0, 0.05) is 23.8 Å². The van der Waals surface area contributed by atoms with E-state index in [1.54, 1.807) is 0 Å². The first-order chi connectivity index (χ1) is 18.4. The Morgan fingerprint density at radius 3 is 1.55 bits per heavy atom. The molecule has 40 heavy (non-hydrogen) atoms. The normalized spacial score (nSPS) is 19.7. The van der Waals surface area contributed by atoms with Crippen molar-refractivity contribution in [3.8, 4) is 0 Å². The van der Waals surface area contributed by atoms with Crippen LogP contribution in [0.3, 0.4) is 0 Å². The van der Waals surface area contributed by atoms with Crippen LogP contribution in [0.25, 0.3) is 0 Å². The number of ketones is 1. The van der Waals surface area contributed by atoms with Crippen LogP contribution in [0.2, 0.25) is 0 Å². The SMILES string of the molecule is CC(C)CC(NC(=O)CCCCC(=O)C(C)(C)C)C(=O)OC1CCC(OC(=O)C(CC(C)C)NC(C)(C)C)CC1. The second-order valence-corrected chi connectivity index (χ2v) is 14.5. The van der Waals surface area contributed by atoms with Crippen LogP contribution in [-0.4, -0.2) is 53.5 Å². The average molecular weight is 567 g/mol. The number of Topliss-reactive ketones (excluding diaryl/α,β-unsaturated/α-hetero) is 1. The molecule has 0 aliphatic heterocycles. The van der Waals surface area contributed by atoms with Crippen molar-refractivity contribution >= 4 is 23.6 Å². The molecule has 0 aromatic carbocycles. The summed E-state index contributed by atoms with van der Waals surface area (Å²) in [6.07, 6.45) is 5.28. The van der Waals surface area contributed by atoms with Crippen LogP contribution in [-0.2, 0) is 28.7 Å². The summed E-state index contributed by atoms with van der Waals surface area (Å²) in [6, 6.07) is -1.05. The van der Waals surface area contributed by atoms with Crippen LogP contribution < -0.4 is 10.6 Å². The summed E-state index contributed by atoms with van der Waals surface area (Å²) in [5.41, 5.74) is -0.563. The lowest BCUT2D eigenvalue weighted by atomic mass is 9.88. The van der Waals surface area contributed by atoms with Gasteiger partial charge >= 0.3 is 11.9 Å². The molecule has 232 valence electrons. The van der Waals surface area contributed by atoms with Crippen LogP contribution in [0.15, 0.2) is 0 Å². The standard InChI is InChI=1S/C32H58N2O6/c1-21(2)19-25(33-28(36)14-12-11-13-27(35)31(5,6)7)29(37)39-23-15-17-24(18-16-23)40-30(38)26(20-22(3)4)34-32(8,9)10/h21-26,34H,11-20H2,1-10H3,(H,33,36). The maximum absolute atomic E-state index is 13.0. The van der Waals surface area contributed by atoms with Crippen molar-refractivity contribution in [1.29, 1.82) is 0 Å². The number of hydrogen-bond donors (Lipinski definition) is 2. The smallest absolute Gasteiger partial charge is 0.328 e.